The van der Waals surface area contributed by atoms with Gasteiger partial charge in [-0.15, -0.1) is 0 Å². The van der Waals surface area contributed by atoms with E-state index < -0.39 is 36.4 Å². The minimum absolute atomic E-state index is 0.198. The van der Waals surface area contributed by atoms with Crippen molar-refractivity contribution < 1.29 is 39.2 Å². The Bertz CT molecular complexity index is 1440. The molecule has 2 aromatic heterocycles. The number of aliphatic carboxylic acids is 3. The van der Waals surface area contributed by atoms with E-state index in [9.17, 15) is 18.8 Å². The normalized spacial score (nSPS) is 13.0. The number of aromatic nitrogens is 3. The van der Waals surface area contributed by atoms with E-state index in [1.807, 2.05) is 24.3 Å². The SMILES string of the molecule is CCN(CCN(C)C)c1nc(-c2ccncc2)nc2c1CN(Cc1ccc(F)cc1)CC2.O=C(O)CC(O)(CC(=O)O)C(=O)O. The lowest BCUT2D eigenvalue weighted by atomic mass is 9.96. The van der Waals surface area contributed by atoms with Crippen LogP contribution < -0.4 is 4.90 Å². The van der Waals surface area contributed by atoms with Gasteiger partial charge in [-0.1, -0.05) is 12.1 Å². The van der Waals surface area contributed by atoms with Crippen molar-refractivity contribution in [3.8, 4) is 11.4 Å². The summed E-state index contributed by atoms with van der Waals surface area (Å²) < 4.78 is 13.3. The molecule has 0 saturated heterocycles. The van der Waals surface area contributed by atoms with E-state index in [0.29, 0.717) is 0 Å². The zero-order valence-electron chi connectivity index (χ0n) is 25.6. The van der Waals surface area contributed by atoms with Crippen molar-refractivity contribution in [2.45, 2.75) is 44.9 Å². The number of aliphatic hydroxyl groups is 1. The summed E-state index contributed by atoms with van der Waals surface area (Å²) in [7, 11) is 4.19. The molecule has 0 bridgehead atoms. The van der Waals surface area contributed by atoms with Crippen LogP contribution in [0.15, 0.2) is 48.8 Å². The van der Waals surface area contributed by atoms with Crippen LogP contribution in [-0.2, 0) is 33.9 Å². The average molecular weight is 627 g/mol. The maximum absolute atomic E-state index is 13.3. The van der Waals surface area contributed by atoms with Crippen LogP contribution in [0.1, 0.15) is 36.6 Å². The molecule has 14 heteroatoms. The molecule has 0 aliphatic carbocycles. The lowest BCUT2D eigenvalue weighted by molar-refractivity contribution is -0.170. The molecule has 0 spiro atoms. The molecule has 3 aromatic rings. The van der Waals surface area contributed by atoms with Gasteiger partial charge in [-0.25, -0.2) is 19.2 Å². The van der Waals surface area contributed by atoms with Gasteiger partial charge in [0, 0.05) is 69.2 Å². The summed E-state index contributed by atoms with van der Waals surface area (Å²) in [4.78, 5) is 51.6. The third kappa shape index (κ3) is 10.3. The molecular weight excluding hydrogens is 587 g/mol. The Hall–Kier alpha value is -4.53. The fourth-order valence-corrected chi connectivity index (χ4v) is 4.78. The number of carbonyl (C=O) groups is 3. The number of hydrogen-bond donors (Lipinski definition) is 4. The van der Waals surface area contributed by atoms with Gasteiger partial charge in [0.2, 0.25) is 0 Å². The third-order valence-electron chi connectivity index (χ3n) is 7.16. The number of halogens is 1. The molecule has 45 heavy (non-hydrogen) atoms. The minimum Gasteiger partial charge on any atom is -0.481 e. The summed E-state index contributed by atoms with van der Waals surface area (Å²) in [5, 5.41) is 33.8. The summed E-state index contributed by atoms with van der Waals surface area (Å²) in [6, 6.07) is 10.7. The zero-order valence-corrected chi connectivity index (χ0v) is 25.6. The highest BCUT2D eigenvalue weighted by Crippen LogP contribution is 2.30. The molecule has 13 nitrogen and oxygen atoms in total. The van der Waals surface area contributed by atoms with E-state index in [0.717, 1.165) is 74.2 Å². The Morgan fingerprint density at radius 1 is 0.956 bits per heavy atom. The number of carboxylic acids is 3. The van der Waals surface area contributed by atoms with E-state index in [-0.39, 0.29) is 5.82 Å². The molecule has 1 aliphatic rings. The predicted molar refractivity (Wildman–Crippen MR) is 163 cm³/mol. The van der Waals surface area contributed by atoms with Gasteiger partial charge in [0.15, 0.2) is 11.4 Å². The van der Waals surface area contributed by atoms with E-state index in [1.165, 1.54) is 17.7 Å². The molecule has 0 atom stereocenters. The summed E-state index contributed by atoms with van der Waals surface area (Å²) in [6.07, 6.45) is 2.15. The highest BCUT2D eigenvalue weighted by atomic mass is 19.1. The second-order valence-corrected chi connectivity index (χ2v) is 11.0. The minimum atomic E-state index is -2.74. The van der Waals surface area contributed by atoms with Crippen LogP contribution in [0.2, 0.25) is 0 Å². The van der Waals surface area contributed by atoms with Gasteiger partial charge < -0.3 is 30.2 Å². The first-order valence-corrected chi connectivity index (χ1v) is 14.4. The first-order chi connectivity index (χ1) is 21.3. The number of pyridine rings is 1. The Morgan fingerprint density at radius 3 is 2.11 bits per heavy atom. The van der Waals surface area contributed by atoms with Gasteiger partial charge >= 0.3 is 17.9 Å². The molecular formula is C31H39FN6O7. The Morgan fingerprint density at radius 2 is 1.58 bits per heavy atom. The third-order valence-corrected chi connectivity index (χ3v) is 7.16. The van der Waals surface area contributed by atoms with Crippen LogP contribution in [0.4, 0.5) is 10.2 Å². The van der Waals surface area contributed by atoms with Crippen LogP contribution in [0.5, 0.6) is 0 Å². The van der Waals surface area contributed by atoms with Gasteiger partial charge in [-0.05, 0) is 50.8 Å². The number of benzene rings is 1. The largest absolute Gasteiger partial charge is 0.481 e. The van der Waals surface area contributed by atoms with Crippen molar-refractivity contribution in [1.29, 1.82) is 0 Å². The number of carboxylic acid groups (broad SMARTS) is 3. The number of fused-ring (bicyclic) bond motifs is 1. The zero-order chi connectivity index (χ0) is 33.1. The lowest BCUT2D eigenvalue weighted by Gasteiger charge is -2.33. The monoisotopic (exact) mass is 626 g/mol. The molecule has 3 heterocycles. The molecule has 0 amide bonds. The summed E-state index contributed by atoms with van der Waals surface area (Å²) in [5.41, 5.74) is 1.70. The predicted octanol–water partition coefficient (Wildman–Crippen LogP) is 2.38. The Kier molecular flexibility index (Phi) is 12.4. The lowest BCUT2D eigenvalue weighted by Crippen LogP contribution is -2.42. The average Bonchev–Trinajstić information content (AvgIpc) is 2.98. The van der Waals surface area contributed by atoms with E-state index in [4.69, 9.17) is 30.4 Å². The molecule has 242 valence electrons. The summed E-state index contributed by atoms with van der Waals surface area (Å²) >= 11 is 0. The van der Waals surface area contributed by atoms with Gasteiger partial charge in [0.25, 0.3) is 0 Å². The second kappa shape index (κ2) is 16.0. The number of anilines is 1. The van der Waals surface area contributed by atoms with Crippen molar-refractivity contribution in [2.24, 2.45) is 0 Å². The van der Waals surface area contributed by atoms with Crippen LogP contribution in [0, 0.1) is 5.82 Å². The van der Waals surface area contributed by atoms with Crippen LogP contribution >= 0.6 is 0 Å². The second-order valence-electron chi connectivity index (χ2n) is 11.0. The van der Waals surface area contributed by atoms with E-state index >= 15 is 0 Å². The standard InChI is InChI=1S/C25H31FN6.C6H8O7/c1-4-32(16-15-30(2)3)25-22-18-31(17-19-5-7-21(26)8-6-19)14-11-23(22)28-24(29-25)20-9-12-27-13-10-20;7-3(8)1-6(13,5(11)12)2-4(9)10/h5-10,12-13H,4,11,14-18H2,1-3H3;13H,1-2H2,(H,7,8)(H,9,10)(H,11,12). The highest BCUT2D eigenvalue weighted by Gasteiger charge is 2.40. The molecule has 4 N–H and O–H groups in total. The van der Waals surface area contributed by atoms with Crippen LogP contribution in [0.25, 0.3) is 11.4 Å². The Balaban J connectivity index is 0.000000360. The van der Waals surface area contributed by atoms with Crippen LogP contribution in [0.3, 0.4) is 0 Å². The van der Waals surface area contributed by atoms with Crippen LogP contribution in [-0.4, -0.2) is 109 Å². The van der Waals surface area contributed by atoms with E-state index in [1.54, 1.807) is 12.4 Å². The maximum Gasteiger partial charge on any atom is 0.336 e. The quantitative estimate of drug-likeness (QED) is 0.217. The molecule has 4 rings (SSSR count). The Labute approximate surface area is 260 Å². The van der Waals surface area contributed by atoms with Crippen molar-refractivity contribution in [2.75, 3.05) is 45.2 Å². The highest BCUT2D eigenvalue weighted by molar-refractivity contribution is 5.88. The number of likely N-dealkylation sites (N-methyl/N-ethyl adjacent to an activating group) is 2. The van der Waals surface area contributed by atoms with E-state index in [2.05, 4.69) is 40.7 Å². The molecule has 0 unspecified atom stereocenters. The van der Waals surface area contributed by atoms with Gasteiger partial charge in [0.05, 0.1) is 18.5 Å². The molecule has 0 radical (unpaired) electrons. The van der Waals surface area contributed by atoms with Gasteiger partial charge in [0.1, 0.15) is 11.6 Å². The summed E-state index contributed by atoms with van der Waals surface area (Å²) in [6.45, 7) is 7.41. The van der Waals surface area contributed by atoms with Gasteiger partial charge in [-0.2, -0.15) is 0 Å². The fraction of sp³-hybridized carbons (Fsp3) is 0.419. The number of rotatable bonds is 13. The van der Waals surface area contributed by atoms with Crippen molar-refractivity contribution in [3.05, 3.63) is 71.4 Å². The fourth-order valence-electron chi connectivity index (χ4n) is 4.78. The topological polar surface area (TPSA) is 181 Å². The van der Waals surface area contributed by atoms with Gasteiger partial charge in [-0.3, -0.25) is 19.5 Å². The van der Waals surface area contributed by atoms with Crippen molar-refractivity contribution in [1.82, 2.24) is 24.8 Å². The number of nitrogens with zero attached hydrogens (tertiary/aromatic N) is 6. The molecule has 1 aromatic carbocycles. The first kappa shape index (κ1) is 35.0. The molecule has 0 saturated carbocycles. The van der Waals surface area contributed by atoms with Crippen molar-refractivity contribution in [3.63, 3.8) is 0 Å². The maximum atomic E-state index is 13.3. The molecule has 1 aliphatic heterocycles. The van der Waals surface area contributed by atoms with Crippen molar-refractivity contribution >= 4 is 23.7 Å². The number of hydrogen-bond acceptors (Lipinski definition) is 10. The smallest absolute Gasteiger partial charge is 0.336 e. The first-order valence-electron chi connectivity index (χ1n) is 14.4. The molecule has 0 fully saturated rings. The summed E-state index contributed by atoms with van der Waals surface area (Å²) in [5.74, 6) is -3.43.